The van der Waals surface area contributed by atoms with Crippen LogP contribution >= 0.6 is 0 Å². The van der Waals surface area contributed by atoms with Crippen LogP contribution in [-0.4, -0.2) is 37.8 Å². The van der Waals surface area contributed by atoms with E-state index in [0.29, 0.717) is 17.9 Å². The minimum atomic E-state index is 0.223. The number of nitrogens with two attached hydrogens (primary N) is 1. The predicted molar refractivity (Wildman–Crippen MR) is 81.2 cm³/mol. The second-order valence-electron chi connectivity index (χ2n) is 5.78. The lowest BCUT2D eigenvalue weighted by atomic mass is 9.86. The Kier molecular flexibility index (Phi) is 3.72. The highest BCUT2D eigenvalue weighted by Crippen LogP contribution is 2.28. The Morgan fingerprint density at radius 1 is 1.29 bits per heavy atom. The lowest BCUT2D eigenvalue weighted by Gasteiger charge is -2.34. The molecule has 0 saturated heterocycles. The topological polar surface area (TPSA) is 85.8 Å². The molecule has 2 heterocycles. The quantitative estimate of drug-likeness (QED) is 0.924. The molecule has 0 aromatic carbocycles. The van der Waals surface area contributed by atoms with E-state index in [9.17, 15) is 0 Å². The number of nitrogens with zero attached hydrogens (tertiary/aromatic N) is 6. The highest BCUT2D eigenvalue weighted by Gasteiger charge is 2.24. The van der Waals surface area contributed by atoms with Gasteiger partial charge in [-0.05, 0) is 24.8 Å². The van der Waals surface area contributed by atoms with Crippen molar-refractivity contribution in [2.45, 2.75) is 38.6 Å². The second-order valence-corrected chi connectivity index (χ2v) is 5.78. The molecule has 0 aliphatic heterocycles. The van der Waals surface area contributed by atoms with E-state index in [1.165, 1.54) is 25.7 Å². The Bertz CT molecular complexity index is 595. The number of rotatable bonds is 3. The molecule has 21 heavy (non-hydrogen) atoms. The van der Waals surface area contributed by atoms with Gasteiger partial charge in [-0.15, -0.1) is 0 Å². The molecule has 0 amide bonds. The van der Waals surface area contributed by atoms with Gasteiger partial charge >= 0.3 is 0 Å². The van der Waals surface area contributed by atoms with Gasteiger partial charge in [-0.1, -0.05) is 19.8 Å². The van der Waals surface area contributed by atoms with Crippen molar-refractivity contribution in [3.05, 3.63) is 18.5 Å². The standard InChI is InChI=1S/C14H21N7/c1-10-5-3-6-11(9-10)20(2)13-17-12(15)18-14(19-13)21-8-4-7-16-21/h4,7-8,10-11H,3,5-6,9H2,1-2H3,(H2,15,17,18,19). The summed E-state index contributed by atoms with van der Waals surface area (Å²) in [6, 6.07) is 2.28. The van der Waals surface area contributed by atoms with Crippen molar-refractivity contribution >= 4 is 11.9 Å². The fraction of sp³-hybridized carbons (Fsp3) is 0.571. The number of anilines is 2. The van der Waals surface area contributed by atoms with Crippen LogP contribution in [0.5, 0.6) is 0 Å². The first-order valence-corrected chi connectivity index (χ1v) is 7.38. The van der Waals surface area contributed by atoms with Gasteiger partial charge in [0.05, 0.1) is 0 Å². The summed E-state index contributed by atoms with van der Waals surface area (Å²) in [5.74, 6) is 2.04. The first kappa shape index (κ1) is 13.8. The van der Waals surface area contributed by atoms with E-state index in [4.69, 9.17) is 5.73 Å². The molecule has 1 saturated carbocycles. The molecule has 112 valence electrons. The van der Waals surface area contributed by atoms with Crippen LogP contribution in [0.15, 0.2) is 18.5 Å². The maximum Gasteiger partial charge on any atom is 0.257 e. The fourth-order valence-corrected chi connectivity index (χ4v) is 2.93. The van der Waals surface area contributed by atoms with Gasteiger partial charge in [0.25, 0.3) is 5.95 Å². The largest absolute Gasteiger partial charge is 0.368 e. The molecular weight excluding hydrogens is 266 g/mol. The molecule has 1 aliphatic rings. The van der Waals surface area contributed by atoms with Crippen LogP contribution in [0.1, 0.15) is 32.6 Å². The van der Waals surface area contributed by atoms with Gasteiger partial charge in [-0.3, -0.25) is 0 Å². The fourth-order valence-electron chi connectivity index (χ4n) is 2.93. The van der Waals surface area contributed by atoms with Crippen molar-refractivity contribution in [3.63, 3.8) is 0 Å². The van der Waals surface area contributed by atoms with Crippen LogP contribution in [-0.2, 0) is 0 Å². The molecule has 1 fully saturated rings. The number of hydrogen-bond donors (Lipinski definition) is 1. The Balaban J connectivity index is 1.87. The monoisotopic (exact) mass is 287 g/mol. The van der Waals surface area contributed by atoms with Gasteiger partial charge in [0.2, 0.25) is 11.9 Å². The maximum atomic E-state index is 5.83. The highest BCUT2D eigenvalue weighted by molar-refractivity contribution is 5.38. The molecular formula is C14H21N7. The first-order valence-electron chi connectivity index (χ1n) is 7.38. The molecule has 2 N–H and O–H groups in total. The molecule has 2 unspecified atom stereocenters. The lowest BCUT2D eigenvalue weighted by molar-refractivity contribution is 0.334. The van der Waals surface area contributed by atoms with Gasteiger partial charge in [0, 0.05) is 25.5 Å². The molecule has 1 aliphatic carbocycles. The third-order valence-electron chi connectivity index (χ3n) is 4.11. The summed E-state index contributed by atoms with van der Waals surface area (Å²) in [6.07, 6.45) is 8.38. The third kappa shape index (κ3) is 2.96. The summed E-state index contributed by atoms with van der Waals surface area (Å²) in [6.45, 7) is 2.30. The molecule has 2 atom stereocenters. The van der Waals surface area contributed by atoms with Crippen molar-refractivity contribution in [3.8, 4) is 5.95 Å². The van der Waals surface area contributed by atoms with Crippen LogP contribution in [0.4, 0.5) is 11.9 Å². The average Bonchev–Trinajstić information content (AvgIpc) is 3.00. The first-order chi connectivity index (χ1) is 10.1. The smallest absolute Gasteiger partial charge is 0.257 e. The van der Waals surface area contributed by atoms with E-state index >= 15 is 0 Å². The number of hydrogen-bond acceptors (Lipinski definition) is 6. The molecule has 3 rings (SSSR count). The van der Waals surface area contributed by atoms with E-state index in [1.54, 1.807) is 17.1 Å². The number of nitrogen functional groups attached to an aromatic ring is 1. The lowest BCUT2D eigenvalue weighted by Crippen LogP contribution is -2.37. The van der Waals surface area contributed by atoms with Gasteiger partial charge in [0.15, 0.2) is 0 Å². The molecule has 7 heteroatoms. The summed E-state index contributed by atoms with van der Waals surface area (Å²) >= 11 is 0. The molecule has 2 aromatic heterocycles. The van der Waals surface area contributed by atoms with Crippen molar-refractivity contribution in [1.29, 1.82) is 0 Å². The predicted octanol–water partition coefficient (Wildman–Crippen LogP) is 1.65. The van der Waals surface area contributed by atoms with Crippen molar-refractivity contribution in [2.24, 2.45) is 5.92 Å². The summed E-state index contributed by atoms with van der Waals surface area (Å²) in [7, 11) is 2.03. The summed E-state index contributed by atoms with van der Waals surface area (Å²) in [5, 5.41) is 4.14. The van der Waals surface area contributed by atoms with Crippen LogP contribution in [0.3, 0.4) is 0 Å². The van der Waals surface area contributed by atoms with E-state index in [2.05, 4.69) is 31.9 Å². The van der Waals surface area contributed by atoms with Gasteiger partial charge in [-0.2, -0.15) is 20.1 Å². The zero-order valence-electron chi connectivity index (χ0n) is 12.5. The second kappa shape index (κ2) is 5.67. The Hall–Kier alpha value is -2.18. The van der Waals surface area contributed by atoms with Crippen LogP contribution in [0.25, 0.3) is 5.95 Å². The average molecular weight is 287 g/mol. The Morgan fingerprint density at radius 2 is 2.14 bits per heavy atom. The summed E-state index contributed by atoms with van der Waals surface area (Å²) in [4.78, 5) is 15.1. The maximum absolute atomic E-state index is 5.83. The molecule has 0 bridgehead atoms. The molecule has 2 aromatic rings. The van der Waals surface area contributed by atoms with Crippen molar-refractivity contribution in [2.75, 3.05) is 17.7 Å². The Morgan fingerprint density at radius 3 is 2.86 bits per heavy atom. The van der Waals surface area contributed by atoms with Gasteiger partial charge in [0.1, 0.15) is 0 Å². The molecule has 0 radical (unpaired) electrons. The zero-order chi connectivity index (χ0) is 14.8. The van der Waals surface area contributed by atoms with E-state index in [0.717, 1.165) is 5.92 Å². The third-order valence-corrected chi connectivity index (χ3v) is 4.11. The van der Waals surface area contributed by atoms with Crippen LogP contribution < -0.4 is 10.6 Å². The normalized spacial score (nSPS) is 22.2. The minimum absolute atomic E-state index is 0.223. The zero-order valence-corrected chi connectivity index (χ0v) is 12.5. The highest BCUT2D eigenvalue weighted by atomic mass is 15.4. The molecule has 7 nitrogen and oxygen atoms in total. The molecule has 0 spiro atoms. The van der Waals surface area contributed by atoms with E-state index in [-0.39, 0.29) is 5.95 Å². The van der Waals surface area contributed by atoms with Crippen molar-refractivity contribution < 1.29 is 0 Å². The summed E-state index contributed by atoms with van der Waals surface area (Å²) in [5.41, 5.74) is 5.83. The van der Waals surface area contributed by atoms with Crippen LogP contribution in [0, 0.1) is 5.92 Å². The van der Waals surface area contributed by atoms with E-state index < -0.39 is 0 Å². The summed E-state index contributed by atoms with van der Waals surface area (Å²) < 4.78 is 1.60. The van der Waals surface area contributed by atoms with Crippen molar-refractivity contribution in [1.82, 2.24) is 24.7 Å². The van der Waals surface area contributed by atoms with Crippen LogP contribution in [0.2, 0.25) is 0 Å². The minimum Gasteiger partial charge on any atom is -0.368 e. The van der Waals surface area contributed by atoms with Gasteiger partial charge < -0.3 is 10.6 Å². The van der Waals surface area contributed by atoms with Gasteiger partial charge in [-0.25, -0.2) is 4.68 Å². The number of aromatic nitrogens is 5. The Labute approximate surface area is 124 Å². The SMILES string of the molecule is CC1CCCC(N(C)c2nc(N)nc(-n3cccn3)n2)C1. The van der Waals surface area contributed by atoms with E-state index in [1.807, 2.05) is 13.1 Å².